The molecular formula is C22H22N2O. The molecule has 2 aromatic carbocycles. The van der Waals surface area contributed by atoms with E-state index in [1.54, 1.807) is 0 Å². The molecule has 0 aliphatic carbocycles. The molecular weight excluding hydrogens is 308 g/mol. The predicted octanol–water partition coefficient (Wildman–Crippen LogP) is 5.00. The van der Waals surface area contributed by atoms with Gasteiger partial charge in [-0.15, -0.1) is 0 Å². The van der Waals surface area contributed by atoms with Crippen LogP contribution in [0.5, 0.6) is 0 Å². The van der Waals surface area contributed by atoms with Crippen LogP contribution in [0.4, 0.5) is 0 Å². The van der Waals surface area contributed by atoms with Gasteiger partial charge in [-0.2, -0.15) is 5.26 Å². The van der Waals surface area contributed by atoms with E-state index in [0.717, 1.165) is 40.8 Å². The number of hydrogen-bond acceptors (Lipinski definition) is 3. The van der Waals surface area contributed by atoms with Gasteiger partial charge in [-0.3, -0.25) is 0 Å². The van der Waals surface area contributed by atoms with E-state index in [-0.39, 0.29) is 0 Å². The zero-order chi connectivity index (χ0) is 17.2. The summed E-state index contributed by atoms with van der Waals surface area (Å²) in [6, 6.07) is 19.0. The molecule has 1 atom stereocenters. The lowest BCUT2D eigenvalue weighted by Crippen LogP contribution is -2.28. The Bertz CT molecular complexity index is 935. The summed E-state index contributed by atoms with van der Waals surface area (Å²) in [4.78, 5) is 2.55. The summed E-state index contributed by atoms with van der Waals surface area (Å²) < 4.78 is 6.02. The lowest BCUT2D eigenvalue weighted by Gasteiger charge is -2.19. The van der Waals surface area contributed by atoms with E-state index in [1.165, 1.54) is 19.4 Å². The van der Waals surface area contributed by atoms with Crippen molar-refractivity contribution >= 4 is 11.0 Å². The van der Waals surface area contributed by atoms with E-state index >= 15 is 0 Å². The summed E-state index contributed by atoms with van der Waals surface area (Å²) >= 11 is 0. The van der Waals surface area contributed by atoms with Gasteiger partial charge in [0, 0.05) is 24.4 Å². The molecule has 126 valence electrons. The van der Waals surface area contributed by atoms with E-state index < -0.39 is 0 Å². The van der Waals surface area contributed by atoms with E-state index in [9.17, 15) is 0 Å². The molecule has 2 heterocycles. The highest BCUT2D eigenvalue weighted by molar-refractivity contribution is 5.84. The van der Waals surface area contributed by atoms with Gasteiger partial charge in [0.05, 0.1) is 11.6 Å². The minimum Gasteiger partial charge on any atom is -0.461 e. The molecule has 0 saturated carbocycles. The van der Waals surface area contributed by atoms with Crippen molar-refractivity contribution in [1.29, 1.82) is 5.26 Å². The minimum atomic E-state index is 0.685. The SMILES string of the molecule is C[C@H]1CCCN1CCc1cc2cc(-c3cccc(C#N)c3)ccc2o1. The largest absolute Gasteiger partial charge is 0.461 e. The molecule has 1 aliphatic rings. The molecule has 25 heavy (non-hydrogen) atoms. The maximum atomic E-state index is 9.08. The Morgan fingerprint density at radius 2 is 2.04 bits per heavy atom. The van der Waals surface area contributed by atoms with E-state index in [1.807, 2.05) is 30.3 Å². The van der Waals surface area contributed by atoms with Crippen molar-refractivity contribution in [2.75, 3.05) is 13.1 Å². The van der Waals surface area contributed by atoms with Crippen LogP contribution in [-0.4, -0.2) is 24.0 Å². The van der Waals surface area contributed by atoms with Crippen molar-refractivity contribution < 1.29 is 4.42 Å². The van der Waals surface area contributed by atoms with Crippen molar-refractivity contribution in [1.82, 2.24) is 4.90 Å². The summed E-state index contributed by atoms with van der Waals surface area (Å²) in [5, 5.41) is 10.2. The number of benzene rings is 2. The van der Waals surface area contributed by atoms with Gasteiger partial charge in [0.15, 0.2) is 0 Å². The highest BCUT2D eigenvalue weighted by atomic mass is 16.3. The first-order chi connectivity index (χ1) is 12.2. The van der Waals surface area contributed by atoms with Crippen LogP contribution < -0.4 is 0 Å². The molecule has 0 spiro atoms. The first kappa shape index (κ1) is 15.9. The van der Waals surface area contributed by atoms with Crippen LogP contribution in [0.3, 0.4) is 0 Å². The maximum absolute atomic E-state index is 9.08. The second-order valence-corrected chi connectivity index (χ2v) is 6.94. The summed E-state index contributed by atoms with van der Waals surface area (Å²) in [6.45, 7) is 4.59. The zero-order valence-electron chi connectivity index (χ0n) is 14.5. The summed E-state index contributed by atoms with van der Waals surface area (Å²) in [5.41, 5.74) is 3.80. The molecule has 3 heteroatoms. The van der Waals surface area contributed by atoms with Gasteiger partial charge in [-0.1, -0.05) is 18.2 Å². The number of rotatable bonds is 4. The molecule has 0 amide bonds. The highest BCUT2D eigenvalue weighted by Gasteiger charge is 2.20. The Morgan fingerprint density at radius 1 is 1.16 bits per heavy atom. The van der Waals surface area contributed by atoms with Gasteiger partial charge in [0.1, 0.15) is 11.3 Å². The standard InChI is InChI=1S/C22H22N2O/c1-16-4-3-10-24(16)11-9-21-14-20-13-19(7-8-22(20)25-21)18-6-2-5-17(12-18)15-23/h2,5-8,12-14,16H,3-4,9-11H2,1H3/t16-/m0/s1. The molecule has 0 radical (unpaired) electrons. The van der Waals surface area contributed by atoms with Crippen molar-refractivity contribution in [3.05, 3.63) is 59.9 Å². The molecule has 3 aromatic rings. The highest BCUT2D eigenvalue weighted by Crippen LogP contribution is 2.28. The van der Waals surface area contributed by atoms with Crippen molar-refractivity contribution in [3.8, 4) is 17.2 Å². The Morgan fingerprint density at radius 3 is 2.84 bits per heavy atom. The number of fused-ring (bicyclic) bond motifs is 1. The fourth-order valence-electron chi connectivity index (χ4n) is 3.75. The van der Waals surface area contributed by atoms with E-state index in [0.29, 0.717) is 11.6 Å². The number of hydrogen-bond donors (Lipinski definition) is 0. The second kappa shape index (κ2) is 6.74. The molecule has 0 bridgehead atoms. The molecule has 1 aliphatic heterocycles. The number of furan rings is 1. The average molecular weight is 330 g/mol. The topological polar surface area (TPSA) is 40.2 Å². The van der Waals surface area contributed by atoms with Crippen LogP contribution in [0.15, 0.2) is 52.9 Å². The van der Waals surface area contributed by atoms with Crippen molar-refractivity contribution in [2.24, 2.45) is 0 Å². The predicted molar refractivity (Wildman–Crippen MR) is 100 cm³/mol. The molecule has 1 aromatic heterocycles. The van der Waals surface area contributed by atoms with Gasteiger partial charge >= 0.3 is 0 Å². The monoisotopic (exact) mass is 330 g/mol. The Hall–Kier alpha value is -2.57. The van der Waals surface area contributed by atoms with Gasteiger partial charge in [-0.05, 0) is 67.8 Å². The molecule has 0 N–H and O–H groups in total. The normalized spacial score (nSPS) is 17.8. The fraction of sp³-hybridized carbons (Fsp3) is 0.318. The maximum Gasteiger partial charge on any atom is 0.134 e. The second-order valence-electron chi connectivity index (χ2n) is 6.94. The quantitative estimate of drug-likeness (QED) is 0.676. The third-order valence-electron chi connectivity index (χ3n) is 5.23. The van der Waals surface area contributed by atoms with Crippen LogP contribution in [0.2, 0.25) is 0 Å². The smallest absolute Gasteiger partial charge is 0.134 e. The molecule has 3 nitrogen and oxygen atoms in total. The third kappa shape index (κ3) is 3.31. The Kier molecular flexibility index (Phi) is 4.29. The summed E-state index contributed by atoms with van der Waals surface area (Å²) in [6.07, 6.45) is 3.58. The zero-order valence-corrected chi connectivity index (χ0v) is 14.5. The van der Waals surface area contributed by atoms with E-state index in [4.69, 9.17) is 9.68 Å². The van der Waals surface area contributed by atoms with Gasteiger partial charge in [0.25, 0.3) is 0 Å². The van der Waals surface area contributed by atoms with Crippen LogP contribution in [0, 0.1) is 11.3 Å². The summed E-state index contributed by atoms with van der Waals surface area (Å²) in [7, 11) is 0. The number of nitriles is 1. The van der Waals surface area contributed by atoms with Crippen LogP contribution >= 0.6 is 0 Å². The Labute approximate surface area is 148 Å². The van der Waals surface area contributed by atoms with Gasteiger partial charge in [-0.25, -0.2) is 0 Å². The van der Waals surface area contributed by atoms with Crippen molar-refractivity contribution in [3.63, 3.8) is 0 Å². The lowest BCUT2D eigenvalue weighted by atomic mass is 10.0. The number of nitrogens with zero attached hydrogens (tertiary/aromatic N) is 2. The van der Waals surface area contributed by atoms with Gasteiger partial charge in [0.2, 0.25) is 0 Å². The first-order valence-electron chi connectivity index (χ1n) is 9.00. The fourth-order valence-corrected chi connectivity index (χ4v) is 3.75. The number of likely N-dealkylation sites (tertiary alicyclic amines) is 1. The van der Waals surface area contributed by atoms with Crippen LogP contribution in [-0.2, 0) is 6.42 Å². The first-order valence-corrected chi connectivity index (χ1v) is 9.00. The minimum absolute atomic E-state index is 0.685. The molecule has 0 unspecified atom stereocenters. The van der Waals surface area contributed by atoms with Gasteiger partial charge < -0.3 is 9.32 Å². The molecule has 4 rings (SSSR count). The third-order valence-corrected chi connectivity index (χ3v) is 5.23. The Balaban J connectivity index is 1.55. The summed E-state index contributed by atoms with van der Waals surface area (Å²) in [5.74, 6) is 1.05. The van der Waals surface area contributed by atoms with Crippen LogP contribution in [0.25, 0.3) is 22.1 Å². The van der Waals surface area contributed by atoms with E-state index in [2.05, 4.69) is 36.1 Å². The lowest BCUT2D eigenvalue weighted by molar-refractivity contribution is 0.266. The molecule has 1 fully saturated rings. The van der Waals surface area contributed by atoms with Crippen LogP contribution in [0.1, 0.15) is 31.1 Å². The average Bonchev–Trinajstić information content (AvgIpc) is 3.24. The van der Waals surface area contributed by atoms with Crippen molar-refractivity contribution in [2.45, 2.75) is 32.2 Å². The molecule has 1 saturated heterocycles.